The highest BCUT2D eigenvalue weighted by molar-refractivity contribution is 7.99. The van der Waals surface area contributed by atoms with Crippen molar-refractivity contribution in [2.24, 2.45) is 7.05 Å². The molecule has 0 aliphatic rings. The maximum absolute atomic E-state index is 13.1. The van der Waals surface area contributed by atoms with Gasteiger partial charge in [-0.2, -0.15) is 0 Å². The average Bonchev–Trinajstić information content (AvgIpc) is 3.02. The van der Waals surface area contributed by atoms with Gasteiger partial charge in [0, 0.05) is 30.9 Å². The van der Waals surface area contributed by atoms with Crippen LogP contribution in [0.4, 0.5) is 15.8 Å². The molecular weight excluding hydrogens is 381 g/mol. The van der Waals surface area contributed by atoms with Crippen LogP contribution in [0.1, 0.15) is 6.92 Å². The molecule has 0 saturated heterocycles. The summed E-state index contributed by atoms with van der Waals surface area (Å²) >= 11 is 1.25. The fourth-order valence-electron chi connectivity index (χ4n) is 2.46. The van der Waals surface area contributed by atoms with Crippen LogP contribution in [0, 0.1) is 5.82 Å². The van der Waals surface area contributed by atoms with E-state index in [1.165, 1.54) is 30.8 Å². The van der Waals surface area contributed by atoms with E-state index in [-0.39, 0.29) is 23.4 Å². The smallest absolute Gasteiger partial charge is 0.234 e. The van der Waals surface area contributed by atoms with Gasteiger partial charge in [-0.05, 0) is 48.5 Å². The number of hydrogen-bond donors (Lipinski definition) is 2. The summed E-state index contributed by atoms with van der Waals surface area (Å²) in [6, 6.07) is 12.8. The summed E-state index contributed by atoms with van der Waals surface area (Å²) in [5.41, 5.74) is 2.03. The molecule has 0 spiro atoms. The number of carbonyl (C=O) groups excluding carboxylic acids is 2. The zero-order valence-corrected chi connectivity index (χ0v) is 16.1. The zero-order valence-electron chi connectivity index (χ0n) is 15.3. The highest BCUT2D eigenvalue weighted by Crippen LogP contribution is 2.23. The Kier molecular flexibility index (Phi) is 6.05. The SMILES string of the molecule is CC(=O)Nc1ccc(NC(=O)CSc2nnc(-c3ccc(F)cc3)n2C)cc1. The van der Waals surface area contributed by atoms with Crippen LogP contribution in [0.5, 0.6) is 0 Å². The molecular formula is C19H18FN5O2S. The molecule has 1 aromatic heterocycles. The van der Waals surface area contributed by atoms with Crippen molar-refractivity contribution in [2.45, 2.75) is 12.1 Å². The summed E-state index contributed by atoms with van der Waals surface area (Å²) in [6.07, 6.45) is 0. The van der Waals surface area contributed by atoms with Gasteiger partial charge in [0.2, 0.25) is 11.8 Å². The van der Waals surface area contributed by atoms with E-state index in [1.807, 2.05) is 0 Å². The first kappa shape index (κ1) is 19.6. The molecule has 0 radical (unpaired) electrons. The number of aromatic nitrogens is 3. The number of nitrogens with one attached hydrogen (secondary N) is 2. The number of benzene rings is 2. The van der Waals surface area contributed by atoms with E-state index < -0.39 is 0 Å². The van der Waals surface area contributed by atoms with Crippen LogP contribution < -0.4 is 10.6 Å². The first-order valence-corrected chi connectivity index (χ1v) is 9.36. The van der Waals surface area contributed by atoms with Gasteiger partial charge in [-0.3, -0.25) is 9.59 Å². The van der Waals surface area contributed by atoms with Gasteiger partial charge in [0.25, 0.3) is 0 Å². The van der Waals surface area contributed by atoms with Gasteiger partial charge in [0.1, 0.15) is 5.82 Å². The molecule has 0 bridgehead atoms. The molecule has 1 heterocycles. The zero-order chi connectivity index (χ0) is 20.1. The lowest BCUT2D eigenvalue weighted by atomic mass is 10.2. The summed E-state index contributed by atoms with van der Waals surface area (Å²) in [6.45, 7) is 1.43. The minimum absolute atomic E-state index is 0.156. The standard InChI is InChI=1S/C19H18FN5O2S/c1-12(26)21-15-7-9-16(10-8-15)22-17(27)11-28-19-24-23-18(25(19)2)13-3-5-14(20)6-4-13/h3-10H,11H2,1-2H3,(H,21,26)(H,22,27). The second kappa shape index (κ2) is 8.66. The van der Waals surface area contributed by atoms with Crippen molar-refractivity contribution in [3.63, 3.8) is 0 Å². The lowest BCUT2D eigenvalue weighted by molar-refractivity contribution is -0.114. The van der Waals surface area contributed by atoms with Crippen LogP contribution in [0.3, 0.4) is 0 Å². The predicted octanol–water partition coefficient (Wildman–Crippen LogP) is 3.31. The molecule has 2 N–H and O–H groups in total. The Morgan fingerprint density at radius 1 is 1.00 bits per heavy atom. The second-order valence-corrected chi connectivity index (χ2v) is 6.91. The van der Waals surface area contributed by atoms with Gasteiger partial charge in [-0.25, -0.2) is 4.39 Å². The van der Waals surface area contributed by atoms with Crippen LogP contribution in [0.25, 0.3) is 11.4 Å². The van der Waals surface area contributed by atoms with Crippen molar-refractivity contribution in [3.05, 3.63) is 54.3 Å². The lowest BCUT2D eigenvalue weighted by Gasteiger charge is -2.07. The molecule has 7 nitrogen and oxygen atoms in total. The Hall–Kier alpha value is -3.20. The van der Waals surface area contributed by atoms with Crippen molar-refractivity contribution < 1.29 is 14.0 Å². The van der Waals surface area contributed by atoms with Crippen LogP contribution in [-0.2, 0) is 16.6 Å². The number of hydrogen-bond acceptors (Lipinski definition) is 5. The van der Waals surface area contributed by atoms with Crippen LogP contribution in [0.15, 0.2) is 53.7 Å². The quantitative estimate of drug-likeness (QED) is 0.621. The number of nitrogens with zero attached hydrogens (tertiary/aromatic N) is 3. The summed E-state index contributed by atoms with van der Waals surface area (Å²) in [7, 11) is 1.79. The number of rotatable bonds is 6. The first-order valence-electron chi connectivity index (χ1n) is 8.38. The Balaban J connectivity index is 1.57. The Bertz CT molecular complexity index is 987. The Labute approximate surface area is 165 Å². The van der Waals surface area contributed by atoms with Crippen molar-refractivity contribution in [1.29, 1.82) is 0 Å². The molecule has 0 aliphatic carbocycles. The third kappa shape index (κ3) is 4.95. The fourth-order valence-corrected chi connectivity index (χ4v) is 3.17. The number of carbonyl (C=O) groups is 2. The largest absolute Gasteiger partial charge is 0.326 e. The molecule has 2 aromatic carbocycles. The number of amides is 2. The van der Waals surface area contributed by atoms with E-state index in [1.54, 1.807) is 48.0 Å². The molecule has 28 heavy (non-hydrogen) atoms. The minimum Gasteiger partial charge on any atom is -0.326 e. The van der Waals surface area contributed by atoms with Crippen molar-refractivity contribution in [3.8, 4) is 11.4 Å². The maximum atomic E-state index is 13.1. The molecule has 9 heteroatoms. The summed E-state index contributed by atoms with van der Waals surface area (Å²) < 4.78 is 14.8. The fraction of sp³-hybridized carbons (Fsp3) is 0.158. The molecule has 0 unspecified atom stereocenters. The van der Waals surface area contributed by atoms with Crippen LogP contribution in [-0.4, -0.2) is 32.3 Å². The third-order valence-electron chi connectivity index (χ3n) is 3.76. The topological polar surface area (TPSA) is 88.9 Å². The van der Waals surface area contributed by atoms with E-state index in [2.05, 4.69) is 20.8 Å². The Morgan fingerprint density at radius 2 is 1.61 bits per heavy atom. The van der Waals surface area contributed by atoms with Gasteiger partial charge in [0.05, 0.1) is 5.75 Å². The predicted molar refractivity (Wildman–Crippen MR) is 106 cm³/mol. The van der Waals surface area contributed by atoms with Gasteiger partial charge >= 0.3 is 0 Å². The normalized spacial score (nSPS) is 10.5. The second-order valence-electron chi connectivity index (χ2n) is 5.97. The van der Waals surface area contributed by atoms with E-state index in [4.69, 9.17) is 0 Å². The van der Waals surface area contributed by atoms with Gasteiger partial charge in [0.15, 0.2) is 11.0 Å². The molecule has 3 aromatic rings. The lowest BCUT2D eigenvalue weighted by Crippen LogP contribution is -2.14. The summed E-state index contributed by atoms with van der Waals surface area (Å²) in [5, 5.41) is 14.2. The number of halogens is 1. The summed E-state index contributed by atoms with van der Waals surface area (Å²) in [4.78, 5) is 23.2. The molecule has 3 rings (SSSR count). The molecule has 0 aliphatic heterocycles. The first-order chi connectivity index (χ1) is 13.4. The van der Waals surface area contributed by atoms with E-state index in [0.717, 1.165) is 5.56 Å². The monoisotopic (exact) mass is 399 g/mol. The van der Waals surface area contributed by atoms with Crippen molar-refractivity contribution in [1.82, 2.24) is 14.8 Å². The van der Waals surface area contributed by atoms with Crippen molar-refractivity contribution in [2.75, 3.05) is 16.4 Å². The highest BCUT2D eigenvalue weighted by Gasteiger charge is 2.13. The van der Waals surface area contributed by atoms with Crippen LogP contribution >= 0.6 is 11.8 Å². The van der Waals surface area contributed by atoms with E-state index in [0.29, 0.717) is 22.4 Å². The molecule has 2 amide bonds. The van der Waals surface area contributed by atoms with E-state index >= 15 is 0 Å². The van der Waals surface area contributed by atoms with Gasteiger partial charge < -0.3 is 15.2 Å². The third-order valence-corrected chi connectivity index (χ3v) is 4.78. The highest BCUT2D eigenvalue weighted by atomic mass is 32.2. The maximum Gasteiger partial charge on any atom is 0.234 e. The number of anilines is 2. The van der Waals surface area contributed by atoms with Gasteiger partial charge in [-0.1, -0.05) is 11.8 Å². The molecule has 144 valence electrons. The molecule has 0 saturated carbocycles. The van der Waals surface area contributed by atoms with E-state index in [9.17, 15) is 14.0 Å². The minimum atomic E-state index is -0.317. The number of thioether (sulfide) groups is 1. The van der Waals surface area contributed by atoms with Crippen molar-refractivity contribution >= 4 is 35.0 Å². The molecule has 0 fully saturated rings. The summed E-state index contributed by atoms with van der Waals surface area (Å²) in [5.74, 6) is 0.0854. The van der Waals surface area contributed by atoms with Crippen LogP contribution in [0.2, 0.25) is 0 Å². The Morgan fingerprint density at radius 3 is 2.21 bits per heavy atom. The molecule has 0 atom stereocenters. The average molecular weight is 399 g/mol. The van der Waals surface area contributed by atoms with Gasteiger partial charge in [-0.15, -0.1) is 10.2 Å².